The van der Waals surface area contributed by atoms with Crippen LogP contribution in [0.25, 0.3) is 0 Å². The number of thiazole rings is 1. The molecule has 2 rings (SSSR count). The summed E-state index contributed by atoms with van der Waals surface area (Å²) in [4.78, 5) is 16.4. The van der Waals surface area contributed by atoms with E-state index >= 15 is 0 Å². The molecule has 0 saturated carbocycles. The third kappa shape index (κ3) is 3.17. The van der Waals surface area contributed by atoms with Gasteiger partial charge in [-0.3, -0.25) is 5.43 Å². The fourth-order valence-corrected chi connectivity index (χ4v) is 2.25. The highest BCUT2D eigenvalue weighted by Gasteiger charge is 2.06. The number of carboxylic acid groups (broad SMARTS) is 1. The summed E-state index contributed by atoms with van der Waals surface area (Å²) in [6, 6.07) is 6.70. The lowest BCUT2D eigenvalue weighted by molar-refractivity contribution is 0.0697. The maximum Gasteiger partial charge on any atom is 0.336 e. The zero-order valence-electron chi connectivity index (χ0n) is 10.5. The van der Waals surface area contributed by atoms with Crippen LogP contribution in [0.5, 0.6) is 0 Å². The van der Waals surface area contributed by atoms with Crippen LogP contribution in [-0.2, 0) is 0 Å². The highest BCUT2D eigenvalue weighted by atomic mass is 32.1. The Bertz CT molecular complexity index is 615. The molecule has 0 aliphatic carbocycles. The van der Waals surface area contributed by atoms with Gasteiger partial charge in [-0.05, 0) is 19.9 Å². The molecule has 0 saturated heterocycles. The average molecular weight is 275 g/mol. The van der Waals surface area contributed by atoms with Crippen molar-refractivity contribution in [3.63, 3.8) is 0 Å². The van der Waals surface area contributed by atoms with Gasteiger partial charge in [-0.1, -0.05) is 18.2 Å². The molecule has 0 aliphatic rings. The van der Waals surface area contributed by atoms with Crippen molar-refractivity contribution >= 4 is 28.7 Å². The molecule has 0 unspecified atom stereocenters. The summed E-state index contributed by atoms with van der Waals surface area (Å²) in [6.45, 7) is 3.92. The number of carboxylic acids is 1. The lowest BCUT2D eigenvalue weighted by atomic mass is 10.1. The smallest absolute Gasteiger partial charge is 0.336 e. The van der Waals surface area contributed by atoms with Gasteiger partial charge < -0.3 is 5.11 Å². The number of benzene rings is 1. The first kappa shape index (κ1) is 13.2. The Labute approximate surface area is 114 Å². The van der Waals surface area contributed by atoms with Crippen LogP contribution < -0.4 is 5.43 Å². The Morgan fingerprint density at radius 3 is 2.79 bits per heavy atom. The molecule has 0 fully saturated rings. The minimum absolute atomic E-state index is 0.222. The minimum Gasteiger partial charge on any atom is -0.478 e. The number of rotatable bonds is 4. The van der Waals surface area contributed by atoms with Crippen molar-refractivity contribution in [1.82, 2.24) is 4.98 Å². The van der Waals surface area contributed by atoms with E-state index in [-0.39, 0.29) is 5.56 Å². The number of aromatic carboxylic acids is 1. The Hall–Kier alpha value is -2.21. The van der Waals surface area contributed by atoms with E-state index < -0.39 is 5.97 Å². The fraction of sp³-hybridized carbons (Fsp3) is 0.154. The van der Waals surface area contributed by atoms with Gasteiger partial charge in [0.05, 0.1) is 17.5 Å². The van der Waals surface area contributed by atoms with Crippen LogP contribution in [0.1, 0.15) is 26.5 Å². The van der Waals surface area contributed by atoms with Gasteiger partial charge in [-0.25, -0.2) is 9.78 Å². The Balaban J connectivity index is 2.13. The number of nitrogens with zero attached hydrogens (tertiary/aromatic N) is 2. The maximum absolute atomic E-state index is 11.0. The molecule has 0 atom stereocenters. The molecule has 0 bridgehead atoms. The number of aryl methyl sites for hydroxylation is 2. The minimum atomic E-state index is -0.969. The van der Waals surface area contributed by atoms with Crippen LogP contribution in [0.2, 0.25) is 0 Å². The zero-order valence-corrected chi connectivity index (χ0v) is 11.4. The van der Waals surface area contributed by atoms with Gasteiger partial charge in [0.2, 0.25) is 5.13 Å². The monoisotopic (exact) mass is 275 g/mol. The van der Waals surface area contributed by atoms with Crippen LogP contribution in [-0.4, -0.2) is 22.3 Å². The SMILES string of the molecule is Cc1nc(N/N=C\c2ccccc2C(=O)O)sc1C. The third-order valence-electron chi connectivity index (χ3n) is 2.58. The number of nitrogens with one attached hydrogen (secondary N) is 1. The van der Waals surface area contributed by atoms with E-state index in [1.165, 1.54) is 17.6 Å². The predicted molar refractivity (Wildman–Crippen MR) is 76.2 cm³/mol. The van der Waals surface area contributed by atoms with Gasteiger partial charge in [-0.2, -0.15) is 5.10 Å². The quantitative estimate of drug-likeness (QED) is 0.664. The van der Waals surface area contributed by atoms with Crippen LogP contribution in [0, 0.1) is 13.8 Å². The normalized spacial score (nSPS) is 10.8. The van der Waals surface area contributed by atoms with E-state index in [9.17, 15) is 4.79 Å². The molecule has 2 aromatic rings. The Morgan fingerprint density at radius 2 is 2.16 bits per heavy atom. The second-order valence-electron chi connectivity index (χ2n) is 3.92. The van der Waals surface area contributed by atoms with Crippen LogP contribution in [0.4, 0.5) is 5.13 Å². The standard InChI is InChI=1S/C13H13N3O2S/c1-8-9(2)19-13(15-8)16-14-7-10-5-3-4-6-11(10)12(17)18/h3-7H,1-2H3,(H,15,16)(H,17,18)/b14-7-. The summed E-state index contributed by atoms with van der Waals surface area (Å²) in [5, 5.41) is 13.7. The number of anilines is 1. The molecule has 0 aliphatic heterocycles. The second kappa shape index (κ2) is 5.62. The number of hydrogen-bond acceptors (Lipinski definition) is 5. The molecule has 6 heteroatoms. The highest BCUT2D eigenvalue weighted by molar-refractivity contribution is 7.15. The first-order valence-electron chi connectivity index (χ1n) is 5.63. The van der Waals surface area contributed by atoms with E-state index in [2.05, 4.69) is 15.5 Å². The fourth-order valence-electron chi connectivity index (χ4n) is 1.48. The molecular weight excluding hydrogens is 262 g/mol. The molecule has 1 aromatic heterocycles. The van der Waals surface area contributed by atoms with E-state index in [4.69, 9.17) is 5.11 Å². The molecule has 0 radical (unpaired) electrons. The molecule has 98 valence electrons. The zero-order chi connectivity index (χ0) is 13.8. The molecule has 5 nitrogen and oxygen atoms in total. The van der Waals surface area contributed by atoms with Crippen molar-refractivity contribution in [2.45, 2.75) is 13.8 Å². The summed E-state index contributed by atoms with van der Waals surface area (Å²) in [5.74, 6) is -0.969. The average Bonchev–Trinajstić information content (AvgIpc) is 2.69. The Morgan fingerprint density at radius 1 is 1.42 bits per heavy atom. The van der Waals surface area contributed by atoms with Crippen molar-refractivity contribution < 1.29 is 9.90 Å². The van der Waals surface area contributed by atoms with Gasteiger partial charge in [0.25, 0.3) is 0 Å². The van der Waals surface area contributed by atoms with E-state index in [0.717, 1.165) is 10.6 Å². The van der Waals surface area contributed by atoms with Crippen molar-refractivity contribution in [2.24, 2.45) is 5.10 Å². The van der Waals surface area contributed by atoms with Crippen LogP contribution >= 0.6 is 11.3 Å². The third-order valence-corrected chi connectivity index (χ3v) is 3.56. The summed E-state index contributed by atoms with van der Waals surface area (Å²) in [7, 11) is 0. The molecule has 2 N–H and O–H groups in total. The number of hydrogen-bond donors (Lipinski definition) is 2. The molecule has 1 aromatic carbocycles. The first-order valence-corrected chi connectivity index (χ1v) is 6.45. The van der Waals surface area contributed by atoms with Gasteiger partial charge in [0.1, 0.15) is 0 Å². The lowest BCUT2D eigenvalue weighted by Gasteiger charge is -1.99. The van der Waals surface area contributed by atoms with Gasteiger partial charge in [0, 0.05) is 10.4 Å². The van der Waals surface area contributed by atoms with Crippen molar-refractivity contribution in [3.8, 4) is 0 Å². The summed E-state index contributed by atoms with van der Waals surface area (Å²) in [5.41, 5.74) is 4.54. The molecule has 0 amide bonds. The summed E-state index contributed by atoms with van der Waals surface area (Å²) in [6.07, 6.45) is 1.48. The molecule has 0 spiro atoms. The summed E-state index contributed by atoms with van der Waals surface area (Å²) >= 11 is 1.51. The molecular formula is C13H13N3O2S. The molecule has 19 heavy (non-hydrogen) atoms. The Kier molecular flexibility index (Phi) is 3.91. The largest absolute Gasteiger partial charge is 0.478 e. The van der Waals surface area contributed by atoms with E-state index in [0.29, 0.717) is 10.7 Å². The van der Waals surface area contributed by atoms with Gasteiger partial charge in [0.15, 0.2) is 0 Å². The van der Waals surface area contributed by atoms with Gasteiger partial charge in [-0.15, -0.1) is 11.3 Å². The molecule has 1 heterocycles. The van der Waals surface area contributed by atoms with Gasteiger partial charge >= 0.3 is 5.97 Å². The topological polar surface area (TPSA) is 74.6 Å². The number of aromatic nitrogens is 1. The number of carbonyl (C=O) groups is 1. The highest BCUT2D eigenvalue weighted by Crippen LogP contribution is 2.20. The first-order chi connectivity index (χ1) is 9.08. The lowest BCUT2D eigenvalue weighted by Crippen LogP contribution is -2.02. The number of hydrazone groups is 1. The van der Waals surface area contributed by atoms with Crippen LogP contribution in [0.3, 0.4) is 0 Å². The van der Waals surface area contributed by atoms with Crippen LogP contribution in [0.15, 0.2) is 29.4 Å². The van der Waals surface area contributed by atoms with E-state index in [1.807, 2.05) is 13.8 Å². The van der Waals surface area contributed by atoms with Crippen molar-refractivity contribution in [3.05, 3.63) is 46.0 Å². The van der Waals surface area contributed by atoms with Crippen molar-refractivity contribution in [2.75, 3.05) is 5.43 Å². The van der Waals surface area contributed by atoms with E-state index in [1.54, 1.807) is 24.3 Å². The second-order valence-corrected chi connectivity index (χ2v) is 5.13. The maximum atomic E-state index is 11.0. The predicted octanol–water partition coefficient (Wildman–Crippen LogP) is 2.90. The van der Waals surface area contributed by atoms with Crippen molar-refractivity contribution in [1.29, 1.82) is 0 Å². The summed E-state index contributed by atoms with van der Waals surface area (Å²) < 4.78 is 0.